The van der Waals surface area contributed by atoms with Gasteiger partial charge in [0, 0.05) is 40.7 Å². The summed E-state index contributed by atoms with van der Waals surface area (Å²) in [5, 5.41) is 3.82. The summed E-state index contributed by atoms with van der Waals surface area (Å²) in [6, 6.07) is 24.0. The lowest BCUT2D eigenvalue weighted by Gasteiger charge is -2.35. The van der Waals surface area contributed by atoms with Gasteiger partial charge in [0.15, 0.2) is 11.5 Å². The molecule has 4 aromatic rings. The molecule has 1 aliphatic carbocycles. The number of amides is 2. The second kappa shape index (κ2) is 18.5. The molecule has 53 heavy (non-hydrogen) atoms. The molecule has 0 bridgehead atoms. The van der Waals surface area contributed by atoms with Crippen LogP contribution < -0.4 is 23.8 Å². The number of carbonyl (C=O) groups is 2. The first-order valence-corrected chi connectivity index (χ1v) is 19.8. The Hall–Kier alpha value is -4.45. The molecule has 0 aromatic heterocycles. The van der Waals surface area contributed by atoms with Gasteiger partial charge in [-0.25, -0.2) is 8.42 Å². The van der Waals surface area contributed by atoms with Crippen LogP contribution in [0.1, 0.15) is 50.2 Å². The number of halogens is 2. The largest absolute Gasteiger partial charge is 0.494 e. The number of hydrogen-bond donors (Lipinski definition) is 1. The van der Waals surface area contributed by atoms with Gasteiger partial charge in [0.1, 0.15) is 18.3 Å². The highest BCUT2D eigenvalue weighted by Gasteiger charge is 2.36. The number of nitrogens with zero attached hydrogens (tertiary/aromatic N) is 2. The zero-order valence-corrected chi connectivity index (χ0v) is 32.4. The number of sulfonamides is 1. The van der Waals surface area contributed by atoms with E-state index in [0.717, 1.165) is 42.0 Å². The van der Waals surface area contributed by atoms with E-state index in [4.69, 9.17) is 37.4 Å². The molecular formula is C40H45Cl2N3O7S. The van der Waals surface area contributed by atoms with Crippen LogP contribution in [0.5, 0.6) is 17.2 Å². The van der Waals surface area contributed by atoms with Gasteiger partial charge in [-0.1, -0.05) is 78.9 Å². The molecule has 1 atom stereocenters. The average Bonchev–Trinajstić information content (AvgIpc) is 3.17. The second-order valence-electron chi connectivity index (χ2n) is 12.7. The summed E-state index contributed by atoms with van der Waals surface area (Å²) >= 11 is 13.3. The van der Waals surface area contributed by atoms with E-state index in [0.29, 0.717) is 33.7 Å². The third-order valence-corrected chi connectivity index (χ3v) is 11.7. The summed E-state index contributed by atoms with van der Waals surface area (Å²) in [5.74, 6) is 0.0872. The molecule has 0 saturated heterocycles. The first kappa shape index (κ1) is 39.8. The van der Waals surface area contributed by atoms with E-state index in [1.807, 2.05) is 37.3 Å². The maximum Gasteiger partial charge on any atom is 0.264 e. The SMILES string of the molecule is CCOc1ccc(N(CC(=O)N(Cc2c(Cl)cccc2Cl)C(Cc2ccccc2)C(=O)NC2CCCCC2)S(=O)(=O)c2ccc(OC)c(OC)c2)cc1. The van der Waals surface area contributed by atoms with Crippen LogP contribution in [0.15, 0.2) is 95.9 Å². The Morgan fingerprint density at radius 3 is 2.13 bits per heavy atom. The molecule has 0 heterocycles. The standard InChI is InChI=1S/C40H45Cl2N3O7S/c1-4-52-31-20-18-30(19-21-31)45(53(48,49)32-22-23-37(50-2)38(25-32)51-3)27-39(46)44(26-33-34(41)16-11-17-35(33)42)36(24-28-12-7-5-8-13-28)40(47)43-29-14-9-6-10-15-29/h5,7-8,11-13,16-23,25,29,36H,4,6,9-10,14-15,24,26-27H2,1-3H3,(H,43,47). The van der Waals surface area contributed by atoms with Crippen LogP contribution in [0.25, 0.3) is 0 Å². The lowest BCUT2D eigenvalue weighted by Crippen LogP contribution is -2.55. The summed E-state index contributed by atoms with van der Waals surface area (Å²) in [6.07, 6.45) is 4.94. The van der Waals surface area contributed by atoms with Crippen LogP contribution in [0, 0.1) is 0 Å². The molecule has 282 valence electrons. The van der Waals surface area contributed by atoms with Gasteiger partial charge in [-0.3, -0.25) is 13.9 Å². The van der Waals surface area contributed by atoms with Gasteiger partial charge in [-0.2, -0.15) is 0 Å². The minimum atomic E-state index is -4.43. The van der Waals surface area contributed by atoms with Crippen molar-refractivity contribution in [3.63, 3.8) is 0 Å². The van der Waals surface area contributed by atoms with Gasteiger partial charge in [0.25, 0.3) is 10.0 Å². The molecule has 1 unspecified atom stereocenters. The maximum atomic E-state index is 14.9. The van der Waals surface area contributed by atoms with Crippen LogP contribution in [0.4, 0.5) is 5.69 Å². The number of benzene rings is 4. The third-order valence-electron chi connectivity index (χ3n) is 9.27. The molecule has 0 radical (unpaired) electrons. The quantitative estimate of drug-likeness (QED) is 0.124. The predicted molar refractivity (Wildman–Crippen MR) is 208 cm³/mol. The van der Waals surface area contributed by atoms with Gasteiger partial charge < -0.3 is 24.4 Å². The first-order valence-electron chi connectivity index (χ1n) is 17.6. The predicted octanol–water partition coefficient (Wildman–Crippen LogP) is 7.69. The highest BCUT2D eigenvalue weighted by Crippen LogP contribution is 2.34. The molecular weight excluding hydrogens is 737 g/mol. The number of methoxy groups -OCH3 is 2. The topological polar surface area (TPSA) is 114 Å². The fourth-order valence-corrected chi connectivity index (χ4v) is 8.41. The highest BCUT2D eigenvalue weighted by atomic mass is 35.5. The summed E-state index contributed by atoms with van der Waals surface area (Å²) < 4.78 is 46.6. The summed E-state index contributed by atoms with van der Waals surface area (Å²) in [6.45, 7) is 1.45. The molecule has 1 saturated carbocycles. The Balaban J connectivity index is 1.61. The third kappa shape index (κ3) is 9.96. The Kier molecular flexibility index (Phi) is 13.9. The van der Waals surface area contributed by atoms with Gasteiger partial charge in [0.05, 0.1) is 31.4 Å². The Labute approximate surface area is 322 Å². The highest BCUT2D eigenvalue weighted by molar-refractivity contribution is 7.92. The van der Waals surface area contributed by atoms with Crippen molar-refractivity contribution in [2.45, 2.75) is 69.0 Å². The van der Waals surface area contributed by atoms with E-state index in [1.165, 1.54) is 37.3 Å². The summed E-state index contributed by atoms with van der Waals surface area (Å²) in [4.78, 5) is 30.6. The molecule has 13 heteroatoms. The van der Waals surface area contributed by atoms with E-state index in [2.05, 4.69) is 5.32 Å². The molecule has 10 nitrogen and oxygen atoms in total. The van der Waals surface area contributed by atoms with Crippen molar-refractivity contribution < 1.29 is 32.2 Å². The van der Waals surface area contributed by atoms with E-state index in [-0.39, 0.29) is 41.2 Å². The van der Waals surface area contributed by atoms with E-state index in [9.17, 15) is 18.0 Å². The van der Waals surface area contributed by atoms with Crippen molar-refractivity contribution in [1.82, 2.24) is 10.2 Å². The van der Waals surface area contributed by atoms with Crippen molar-refractivity contribution in [3.05, 3.63) is 112 Å². The Bertz CT molecular complexity index is 1940. The summed E-state index contributed by atoms with van der Waals surface area (Å²) in [5.41, 5.74) is 1.46. The lowest BCUT2D eigenvalue weighted by molar-refractivity contribution is -0.140. The number of rotatable bonds is 16. The fraction of sp³-hybridized carbons (Fsp3) is 0.350. The van der Waals surface area contributed by atoms with Crippen LogP contribution >= 0.6 is 23.2 Å². The number of carbonyl (C=O) groups excluding carboxylic acids is 2. The average molecular weight is 783 g/mol. The molecule has 1 N–H and O–H groups in total. The molecule has 1 fully saturated rings. The Morgan fingerprint density at radius 1 is 0.849 bits per heavy atom. The van der Waals surface area contributed by atoms with Crippen LogP contribution in [-0.2, 0) is 32.6 Å². The van der Waals surface area contributed by atoms with Crippen molar-refractivity contribution in [1.29, 1.82) is 0 Å². The van der Waals surface area contributed by atoms with Crippen molar-refractivity contribution in [2.75, 3.05) is 31.7 Å². The van der Waals surface area contributed by atoms with E-state index < -0.39 is 28.5 Å². The van der Waals surface area contributed by atoms with Gasteiger partial charge in [0.2, 0.25) is 11.8 Å². The molecule has 1 aliphatic rings. The number of nitrogens with one attached hydrogen (secondary N) is 1. The molecule has 2 amide bonds. The normalized spacial score (nSPS) is 13.8. The van der Waals surface area contributed by atoms with Crippen LogP contribution in [0.2, 0.25) is 10.0 Å². The van der Waals surface area contributed by atoms with Crippen molar-refractivity contribution in [3.8, 4) is 17.2 Å². The molecule has 0 spiro atoms. The monoisotopic (exact) mass is 781 g/mol. The summed E-state index contributed by atoms with van der Waals surface area (Å²) in [7, 11) is -1.57. The van der Waals surface area contributed by atoms with Crippen molar-refractivity contribution >= 4 is 50.7 Å². The zero-order valence-electron chi connectivity index (χ0n) is 30.1. The van der Waals surface area contributed by atoms with E-state index in [1.54, 1.807) is 42.5 Å². The first-order chi connectivity index (χ1) is 25.5. The minimum Gasteiger partial charge on any atom is -0.494 e. The van der Waals surface area contributed by atoms with Crippen molar-refractivity contribution in [2.24, 2.45) is 0 Å². The Morgan fingerprint density at radius 2 is 1.51 bits per heavy atom. The van der Waals surface area contributed by atoms with Gasteiger partial charge >= 0.3 is 0 Å². The number of ether oxygens (including phenoxy) is 3. The molecule has 4 aromatic carbocycles. The second-order valence-corrected chi connectivity index (χ2v) is 15.4. The number of anilines is 1. The lowest BCUT2D eigenvalue weighted by atomic mass is 9.94. The maximum absolute atomic E-state index is 14.9. The zero-order chi connectivity index (χ0) is 38.0. The van der Waals surface area contributed by atoms with Crippen LogP contribution in [-0.4, -0.2) is 64.6 Å². The van der Waals surface area contributed by atoms with Gasteiger partial charge in [-0.05, 0) is 73.9 Å². The molecule has 0 aliphatic heterocycles. The molecule has 5 rings (SSSR count). The van der Waals surface area contributed by atoms with E-state index >= 15 is 0 Å². The van der Waals surface area contributed by atoms with Gasteiger partial charge in [-0.15, -0.1) is 0 Å². The minimum absolute atomic E-state index is 0.0406. The smallest absolute Gasteiger partial charge is 0.264 e. The van der Waals surface area contributed by atoms with Crippen LogP contribution in [0.3, 0.4) is 0 Å². The fourth-order valence-electron chi connectivity index (χ4n) is 6.46. The number of hydrogen-bond acceptors (Lipinski definition) is 7.